The van der Waals surface area contributed by atoms with Crippen molar-refractivity contribution in [2.45, 2.75) is 105 Å². The lowest BCUT2D eigenvalue weighted by atomic mass is 9.64. The van der Waals surface area contributed by atoms with E-state index in [9.17, 15) is 31.1 Å². The van der Waals surface area contributed by atoms with Gasteiger partial charge in [-0.3, -0.25) is 4.79 Å². The summed E-state index contributed by atoms with van der Waals surface area (Å²) in [6, 6.07) is 0. The van der Waals surface area contributed by atoms with Gasteiger partial charge in [-0.05, 0) is 77.9 Å². The van der Waals surface area contributed by atoms with E-state index in [1.54, 1.807) is 0 Å². The second kappa shape index (κ2) is 9.52. The van der Waals surface area contributed by atoms with Crippen LogP contribution in [0.1, 0.15) is 87.0 Å². The van der Waals surface area contributed by atoms with Gasteiger partial charge >= 0.3 is 23.9 Å². The number of carbonyl (C=O) groups is 1. The topological polar surface area (TPSA) is 26.3 Å². The number of hydrogen-bond donors (Lipinski definition) is 0. The fraction of sp³-hybridized carbons (Fsp3) is 0.893. The van der Waals surface area contributed by atoms with Crippen LogP contribution in [0, 0.1) is 52.3 Å². The number of hydrogen-bond acceptors (Lipinski definition) is 2. The first-order valence-corrected chi connectivity index (χ1v) is 13.3. The summed E-state index contributed by atoms with van der Waals surface area (Å²) in [5.41, 5.74) is -4.44. The Balaban J connectivity index is 1.99. The van der Waals surface area contributed by atoms with Gasteiger partial charge in [0.15, 0.2) is 0 Å². The fourth-order valence-corrected chi connectivity index (χ4v) is 7.60. The van der Waals surface area contributed by atoms with Gasteiger partial charge in [-0.2, -0.15) is 26.3 Å². The van der Waals surface area contributed by atoms with E-state index in [1.807, 2.05) is 0 Å². The summed E-state index contributed by atoms with van der Waals surface area (Å²) in [7, 11) is 0. The molecule has 0 amide bonds. The number of ether oxygens (including phenoxy) is 1. The van der Waals surface area contributed by atoms with Crippen molar-refractivity contribution in [2.24, 2.45) is 52.3 Å². The summed E-state index contributed by atoms with van der Waals surface area (Å²) in [6.07, 6.45) is -4.54. The molecule has 3 aliphatic carbocycles. The Kier molecular flexibility index (Phi) is 7.76. The summed E-state index contributed by atoms with van der Waals surface area (Å²) >= 11 is 0. The maximum Gasteiger partial charge on any atom is 0.437 e. The first-order chi connectivity index (χ1) is 16.3. The van der Waals surface area contributed by atoms with Gasteiger partial charge in [-0.15, -0.1) is 0 Å². The van der Waals surface area contributed by atoms with Crippen LogP contribution in [0.25, 0.3) is 0 Å². The molecular weight excluding hydrogens is 482 g/mol. The van der Waals surface area contributed by atoms with Crippen molar-refractivity contribution in [3.63, 3.8) is 0 Å². The number of alkyl halides is 6. The SMILES string of the molecule is CCC(C)(C)/C=C/C1CC(C(C)(C)CC)C2C3CC(CC(OC(C)=O)(C(F)(F)F)C(F)(F)F)C(C3)C12. The molecule has 3 fully saturated rings. The van der Waals surface area contributed by atoms with Crippen LogP contribution in [0.2, 0.25) is 0 Å². The van der Waals surface area contributed by atoms with Crippen LogP contribution >= 0.6 is 0 Å². The van der Waals surface area contributed by atoms with Crippen molar-refractivity contribution in [3.05, 3.63) is 12.2 Å². The first kappa shape index (κ1) is 29.3. The van der Waals surface area contributed by atoms with Gasteiger partial charge in [-0.1, -0.05) is 60.1 Å². The van der Waals surface area contributed by atoms with Crippen LogP contribution < -0.4 is 0 Å². The van der Waals surface area contributed by atoms with E-state index in [1.165, 1.54) is 0 Å². The molecule has 208 valence electrons. The highest BCUT2D eigenvalue weighted by Gasteiger charge is 2.75. The molecule has 7 atom stereocenters. The molecule has 3 aliphatic rings. The molecule has 0 aliphatic heterocycles. The molecule has 36 heavy (non-hydrogen) atoms. The predicted octanol–water partition coefficient (Wildman–Crippen LogP) is 8.76. The van der Waals surface area contributed by atoms with E-state index in [0.29, 0.717) is 31.6 Å². The Bertz CT molecular complexity index is 826. The minimum absolute atomic E-state index is 0.0259. The Morgan fingerprint density at radius 2 is 1.47 bits per heavy atom. The molecule has 0 aromatic rings. The van der Waals surface area contributed by atoms with Gasteiger partial charge in [0.1, 0.15) is 0 Å². The van der Waals surface area contributed by atoms with Gasteiger partial charge in [0.2, 0.25) is 0 Å². The highest BCUT2D eigenvalue weighted by atomic mass is 19.4. The second-order valence-corrected chi connectivity index (χ2v) is 13.0. The average molecular weight is 525 g/mol. The lowest BCUT2D eigenvalue weighted by molar-refractivity contribution is -0.374. The molecule has 7 unspecified atom stereocenters. The minimum Gasteiger partial charge on any atom is -0.440 e. The standard InChI is InChI=1S/C28H42F6O2/c1-8-24(4,5)11-10-17-14-21(25(6,7)9-2)23-18-12-19(20(13-18)22(17)23)15-26(27(29,30)31,28(32,33)34)36-16(3)35/h10-11,17-23H,8-9,12-15H2,1-7H3/b11-10+. The van der Waals surface area contributed by atoms with E-state index >= 15 is 0 Å². The molecule has 0 saturated heterocycles. The van der Waals surface area contributed by atoms with E-state index < -0.39 is 36.3 Å². The van der Waals surface area contributed by atoms with Gasteiger partial charge < -0.3 is 4.74 Å². The fourth-order valence-electron chi connectivity index (χ4n) is 7.60. The smallest absolute Gasteiger partial charge is 0.437 e. The largest absolute Gasteiger partial charge is 0.440 e. The molecule has 0 aromatic carbocycles. The van der Waals surface area contributed by atoms with Crippen LogP contribution in [0.4, 0.5) is 26.3 Å². The number of allylic oxidation sites excluding steroid dienone is 2. The zero-order chi connectivity index (χ0) is 27.5. The molecule has 0 heterocycles. The van der Waals surface area contributed by atoms with Crippen LogP contribution in [0.5, 0.6) is 0 Å². The summed E-state index contributed by atoms with van der Waals surface area (Å²) in [5, 5.41) is 0. The van der Waals surface area contributed by atoms with Gasteiger partial charge in [0.05, 0.1) is 0 Å². The second-order valence-electron chi connectivity index (χ2n) is 13.0. The molecule has 8 heteroatoms. The van der Waals surface area contributed by atoms with Gasteiger partial charge in [-0.25, -0.2) is 0 Å². The maximum atomic E-state index is 14.0. The summed E-state index contributed by atoms with van der Waals surface area (Å²) in [5.74, 6) is -1.62. The molecule has 0 spiro atoms. The van der Waals surface area contributed by atoms with Gasteiger partial charge in [0.25, 0.3) is 0 Å². The third kappa shape index (κ3) is 5.08. The summed E-state index contributed by atoms with van der Waals surface area (Å²) in [6.45, 7) is 13.6. The number of halogens is 6. The van der Waals surface area contributed by atoms with Crippen molar-refractivity contribution < 1.29 is 35.9 Å². The summed E-state index contributed by atoms with van der Waals surface area (Å²) < 4.78 is 88.3. The highest BCUT2D eigenvalue weighted by molar-refractivity contribution is 5.66. The number of fused-ring (bicyclic) bond motifs is 5. The van der Waals surface area contributed by atoms with E-state index in [2.05, 4.69) is 58.4 Å². The van der Waals surface area contributed by atoms with Crippen molar-refractivity contribution in [1.82, 2.24) is 0 Å². The van der Waals surface area contributed by atoms with Crippen molar-refractivity contribution in [2.75, 3.05) is 0 Å². The zero-order valence-electron chi connectivity index (χ0n) is 22.5. The number of rotatable bonds is 8. The van der Waals surface area contributed by atoms with E-state index in [-0.39, 0.29) is 34.5 Å². The van der Waals surface area contributed by atoms with Crippen LogP contribution in [0.3, 0.4) is 0 Å². The molecule has 0 radical (unpaired) electrons. The Morgan fingerprint density at radius 1 is 0.889 bits per heavy atom. The molecule has 3 rings (SSSR count). The first-order valence-electron chi connectivity index (χ1n) is 13.3. The zero-order valence-corrected chi connectivity index (χ0v) is 22.5. The van der Waals surface area contributed by atoms with Crippen molar-refractivity contribution in [1.29, 1.82) is 0 Å². The normalized spacial score (nSPS) is 33.4. The molecule has 0 aromatic heterocycles. The Morgan fingerprint density at radius 3 is 1.94 bits per heavy atom. The molecular formula is C28H42F6O2. The van der Waals surface area contributed by atoms with E-state index in [0.717, 1.165) is 19.3 Å². The molecule has 2 nitrogen and oxygen atoms in total. The van der Waals surface area contributed by atoms with Crippen LogP contribution in [-0.4, -0.2) is 23.9 Å². The Labute approximate surface area is 211 Å². The predicted molar refractivity (Wildman–Crippen MR) is 127 cm³/mol. The van der Waals surface area contributed by atoms with Crippen molar-refractivity contribution >= 4 is 5.97 Å². The highest BCUT2D eigenvalue weighted by Crippen LogP contribution is 2.69. The van der Waals surface area contributed by atoms with Crippen LogP contribution in [-0.2, 0) is 9.53 Å². The monoisotopic (exact) mass is 524 g/mol. The third-order valence-corrected chi connectivity index (χ3v) is 10.2. The molecule has 0 N–H and O–H groups in total. The van der Waals surface area contributed by atoms with Crippen molar-refractivity contribution in [3.8, 4) is 0 Å². The lowest BCUT2D eigenvalue weighted by Gasteiger charge is -2.43. The van der Waals surface area contributed by atoms with Gasteiger partial charge in [0, 0.05) is 13.3 Å². The number of esters is 1. The molecule has 2 bridgehead atoms. The maximum absolute atomic E-state index is 14.0. The lowest BCUT2D eigenvalue weighted by Crippen LogP contribution is -2.60. The van der Waals surface area contributed by atoms with Crippen LogP contribution in [0.15, 0.2) is 12.2 Å². The third-order valence-electron chi connectivity index (χ3n) is 10.2. The van der Waals surface area contributed by atoms with E-state index in [4.69, 9.17) is 0 Å². The summed E-state index contributed by atoms with van der Waals surface area (Å²) in [4.78, 5) is 11.5. The minimum atomic E-state index is -5.75. The average Bonchev–Trinajstić information content (AvgIpc) is 3.41. The number of carbonyl (C=O) groups excluding carboxylic acids is 1. The molecule has 3 saturated carbocycles. The Hall–Kier alpha value is -1.21. The quantitative estimate of drug-likeness (QED) is 0.180.